The van der Waals surface area contributed by atoms with Crippen LogP contribution in [0.15, 0.2) is 42.5 Å². The molecule has 2 rings (SSSR count). The summed E-state index contributed by atoms with van der Waals surface area (Å²) in [6.07, 6.45) is 11.5. The van der Waals surface area contributed by atoms with E-state index < -0.39 is 19.7 Å². The second-order valence-corrected chi connectivity index (χ2v) is 19.3. The van der Waals surface area contributed by atoms with Gasteiger partial charge in [-0.25, -0.2) is 9.78 Å². The first-order valence-electron chi connectivity index (χ1n) is 15.9. The number of hydrogen-bond acceptors (Lipinski definition) is 5. The van der Waals surface area contributed by atoms with Crippen LogP contribution >= 0.6 is 0 Å². The molecule has 1 aromatic carbocycles. The van der Waals surface area contributed by atoms with E-state index in [0.29, 0.717) is 5.92 Å². The summed E-state index contributed by atoms with van der Waals surface area (Å²) in [5.41, 5.74) is 2.63. The van der Waals surface area contributed by atoms with E-state index in [1.54, 1.807) is 6.08 Å². The Morgan fingerprint density at radius 2 is 1.72 bits per heavy atom. The van der Waals surface area contributed by atoms with Crippen LogP contribution in [-0.4, -0.2) is 36.7 Å². The van der Waals surface area contributed by atoms with Crippen molar-refractivity contribution in [3.8, 4) is 0 Å². The van der Waals surface area contributed by atoms with Crippen molar-refractivity contribution in [1.29, 1.82) is 0 Å². The van der Waals surface area contributed by atoms with Gasteiger partial charge < -0.3 is 13.7 Å². The van der Waals surface area contributed by atoms with E-state index >= 15 is 0 Å². The Kier molecular flexibility index (Phi) is 12.8. The number of imidazole rings is 1. The first kappa shape index (κ1) is 36.7. The van der Waals surface area contributed by atoms with Gasteiger partial charge in [-0.2, -0.15) is 0 Å². The van der Waals surface area contributed by atoms with Gasteiger partial charge in [0.05, 0.1) is 24.2 Å². The maximum atomic E-state index is 13.2. The van der Waals surface area contributed by atoms with Crippen molar-refractivity contribution in [3.63, 3.8) is 0 Å². The summed E-state index contributed by atoms with van der Waals surface area (Å²) in [5.74, 6) is 1.28. The molecule has 0 saturated carbocycles. The van der Waals surface area contributed by atoms with Gasteiger partial charge in [-0.15, -0.1) is 0 Å². The lowest BCUT2D eigenvalue weighted by molar-refractivity contribution is -0.134. The van der Waals surface area contributed by atoms with Crippen LogP contribution in [0.5, 0.6) is 0 Å². The summed E-state index contributed by atoms with van der Waals surface area (Å²) in [4.78, 5) is 29.5. The van der Waals surface area contributed by atoms with E-state index in [1.165, 1.54) is 18.7 Å². The Morgan fingerprint density at radius 1 is 1.07 bits per heavy atom. The van der Waals surface area contributed by atoms with Crippen molar-refractivity contribution in [2.45, 2.75) is 112 Å². The van der Waals surface area contributed by atoms with Crippen molar-refractivity contribution in [2.24, 2.45) is 30.2 Å². The monoisotopic (exact) mass is 610 g/mol. The Balaban J connectivity index is 2.02. The topological polar surface area (TPSA) is 70.4 Å². The second-order valence-electron chi connectivity index (χ2n) is 14.5. The van der Waals surface area contributed by atoms with Crippen molar-refractivity contribution >= 4 is 31.1 Å². The zero-order chi connectivity index (χ0) is 32.8. The molecule has 0 fully saturated rings. The number of aryl methyl sites for hydroxylation is 2. The van der Waals surface area contributed by atoms with Gasteiger partial charge in [0.15, 0.2) is 8.32 Å². The molecular weight excluding hydrogens is 552 g/mol. The lowest BCUT2D eigenvalue weighted by atomic mass is 9.73. The molecule has 0 N–H and O–H groups in total. The fraction of sp³-hybridized carbons (Fsp3) is 0.639. The minimum atomic E-state index is -1.99. The summed E-state index contributed by atoms with van der Waals surface area (Å²) in [6, 6.07) is 6.57. The number of benzene rings is 1. The molecule has 1 aromatic heterocycles. The summed E-state index contributed by atoms with van der Waals surface area (Å²) < 4.78 is 13.8. The first-order chi connectivity index (χ1) is 19.8. The highest BCUT2D eigenvalue weighted by atomic mass is 28.4. The van der Waals surface area contributed by atoms with E-state index in [0.717, 1.165) is 42.5 Å². The lowest BCUT2D eigenvalue weighted by Crippen LogP contribution is -2.41. The Labute approximate surface area is 262 Å². The smallest absolute Gasteiger partial charge is 0.330 e. The molecule has 0 saturated heterocycles. The highest BCUT2D eigenvalue weighted by molar-refractivity contribution is 6.74. The van der Waals surface area contributed by atoms with Crippen LogP contribution in [0.2, 0.25) is 18.1 Å². The number of nitrogens with zero attached hydrogens (tertiary/aromatic N) is 2. The molecule has 0 aliphatic heterocycles. The Hall–Kier alpha value is -2.51. The third-order valence-corrected chi connectivity index (χ3v) is 14.3. The van der Waals surface area contributed by atoms with Crippen molar-refractivity contribution in [2.75, 3.05) is 7.11 Å². The zero-order valence-corrected chi connectivity index (χ0v) is 30.2. The van der Waals surface area contributed by atoms with Crippen molar-refractivity contribution in [1.82, 2.24) is 9.55 Å². The van der Waals surface area contributed by atoms with Crippen molar-refractivity contribution in [3.05, 3.63) is 53.9 Å². The SMILES string of the molecule is COC(=O)/C=C/C(C)(C)C(=O)[C@H](C)[C@@H](C)[C@@H](C)CCC/C=C/C[C@H](O[Si](C)(C)C(C)(C)C)c1ccc2c(c1)nc(C)n2C. The summed E-state index contributed by atoms with van der Waals surface area (Å²) >= 11 is 0. The second kappa shape index (κ2) is 15.0. The first-order valence-corrected chi connectivity index (χ1v) is 18.8. The maximum Gasteiger partial charge on any atom is 0.330 e. The number of aromatic nitrogens is 2. The largest absolute Gasteiger partial charge is 0.466 e. The number of methoxy groups -OCH3 is 1. The molecule has 1 heterocycles. The van der Waals surface area contributed by atoms with Gasteiger partial charge in [0.25, 0.3) is 0 Å². The number of allylic oxidation sites excluding steroid dienone is 2. The molecule has 6 nitrogen and oxygen atoms in total. The number of esters is 1. The maximum absolute atomic E-state index is 13.2. The molecule has 2 aromatic rings. The quantitative estimate of drug-likeness (QED) is 0.0661. The number of fused-ring (bicyclic) bond motifs is 1. The zero-order valence-electron chi connectivity index (χ0n) is 29.2. The number of carbonyl (C=O) groups excluding carboxylic acids is 2. The summed E-state index contributed by atoms with van der Waals surface area (Å²) in [5, 5.41) is 0.124. The molecule has 4 atom stereocenters. The summed E-state index contributed by atoms with van der Waals surface area (Å²) in [6.45, 7) is 23.7. The van der Waals surface area contributed by atoms with Crippen molar-refractivity contribution < 1.29 is 18.8 Å². The van der Waals surface area contributed by atoms with E-state index in [4.69, 9.17) is 9.41 Å². The molecular formula is C36H58N2O4Si. The molecule has 0 aliphatic rings. The number of Topliss-reactive ketones (excluding diaryl/α,β-unsaturated/α-hetero) is 1. The van der Waals surface area contributed by atoms with Crippen LogP contribution in [0.25, 0.3) is 11.0 Å². The van der Waals surface area contributed by atoms with Gasteiger partial charge in [0, 0.05) is 24.5 Å². The predicted octanol–water partition coefficient (Wildman–Crippen LogP) is 9.29. The standard InChI is InChI=1S/C36H58N2O4Si/c1-25(26(2)27(3)34(40)36(8,9)23-22-33(39)41-11)18-16-14-15-17-19-32(42-43(12,13)35(5,6)7)29-20-21-31-30(24-29)37-28(4)38(31)10/h15,17,20-27,32H,14,16,18-19H2,1-13H3/b17-15+,23-22+/t25-,26-,27+,32-/m0/s1. The van der Waals surface area contributed by atoms with Crippen LogP contribution in [0.3, 0.4) is 0 Å². The Bertz CT molecular complexity index is 1300. The Morgan fingerprint density at radius 3 is 2.33 bits per heavy atom. The van der Waals surface area contributed by atoms with E-state index in [2.05, 4.69) is 94.4 Å². The van der Waals surface area contributed by atoms with Crippen LogP contribution in [0.4, 0.5) is 0 Å². The molecule has 7 heteroatoms. The average molecular weight is 611 g/mol. The third kappa shape index (κ3) is 9.74. The van der Waals surface area contributed by atoms with Gasteiger partial charge in [-0.05, 0) is 87.7 Å². The number of ether oxygens (including phenoxy) is 1. The molecule has 0 aliphatic carbocycles. The minimum Gasteiger partial charge on any atom is -0.466 e. The fourth-order valence-corrected chi connectivity index (χ4v) is 6.52. The lowest BCUT2D eigenvalue weighted by Gasteiger charge is -2.39. The highest BCUT2D eigenvalue weighted by Crippen LogP contribution is 2.41. The van der Waals surface area contributed by atoms with E-state index in [1.807, 2.05) is 27.7 Å². The average Bonchev–Trinajstić information content (AvgIpc) is 3.22. The van der Waals surface area contributed by atoms with Crippen LogP contribution < -0.4 is 0 Å². The number of ketones is 1. The number of hydrogen-bond donors (Lipinski definition) is 0. The predicted molar refractivity (Wildman–Crippen MR) is 182 cm³/mol. The molecule has 0 unspecified atom stereocenters. The molecule has 0 spiro atoms. The van der Waals surface area contributed by atoms with Gasteiger partial charge >= 0.3 is 5.97 Å². The number of rotatable bonds is 15. The van der Waals surface area contributed by atoms with Gasteiger partial charge in [-0.3, -0.25) is 4.79 Å². The molecule has 43 heavy (non-hydrogen) atoms. The number of carbonyl (C=O) groups is 2. The highest BCUT2D eigenvalue weighted by Gasteiger charge is 2.39. The molecule has 0 radical (unpaired) electrons. The molecule has 0 bridgehead atoms. The van der Waals surface area contributed by atoms with Gasteiger partial charge in [0.2, 0.25) is 0 Å². The van der Waals surface area contributed by atoms with Crippen LogP contribution in [-0.2, 0) is 25.8 Å². The summed E-state index contributed by atoms with van der Waals surface area (Å²) in [7, 11) is 1.41. The fourth-order valence-electron chi connectivity index (χ4n) is 5.23. The van der Waals surface area contributed by atoms with Crippen LogP contribution in [0.1, 0.15) is 98.6 Å². The normalized spacial score (nSPS) is 16.1. The van der Waals surface area contributed by atoms with Crippen LogP contribution in [0, 0.1) is 30.1 Å². The molecule has 0 amide bonds. The minimum absolute atomic E-state index is 0.00810. The van der Waals surface area contributed by atoms with E-state index in [-0.39, 0.29) is 28.8 Å². The third-order valence-electron chi connectivity index (χ3n) is 9.86. The number of unbranched alkanes of at least 4 members (excludes halogenated alkanes) is 1. The van der Waals surface area contributed by atoms with Gasteiger partial charge in [0.1, 0.15) is 11.6 Å². The van der Waals surface area contributed by atoms with Gasteiger partial charge in [-0.1, -0.05) is 72.3 Å². The molecule has 240 valence electrons. The van der Waals surface area contributed by atoms with E-state index in [9.17, 15) is 9.59 Å².